The molecule has 0 fully saturated rings. The molecule has 0 saturated heterocycles. The van der Waals surface area contributed by atoms with Crippen molar-refractivity contribution in [2.75, 3.05) is 0 Å². The molecule has 9 rings (SSSR count). The minimum atomic E-state index is 0.605. The second kappa shape index (κ2) is 10.9. The summed E-state index contributed by atoms with van der Waals surface area (Å²) in [5, 5.41) is 25.6. The van der Waals surface area contributed by atoms with Crippen molar-refractivity contribution in [3.05, 3.63) is 169 Å². The summed E-state index contributed by atoms with van der Waals surface area (Å²) in [6, 6.07) is 58.7. The van der Waals surface area contributed by atoms with Crippen molar-refractivity contribution in [3.8, 4) is 45.8 Å². The summed E-state index contributed by atoms with van der Waals surface area (Å²) >= 11 is 0. The number of para-hydroxylation sites is 4. The normalized spacial score (nSPS) is 11.3. The van der Waals surface area contributed by atoms with E-state index in [4.69, 9.17) is 0 Å². The average molecular weight is 611 g/mol. The summed E-state index contributed by atoms with van der Waals surface area (Å²) in [6.45, 7) is 0. The quantitative estimate of drug-likeness (QED) is 0.199. The van der Waals surface area contributed by atoms with Crippen LogP contribution in [-0.2, 0) is 0 Å². The van der Waals surface area contributed by atoms with Gasteiger partial charge in [-0.25, -0.2) is 0 Å². The van der Waals surface area contributed by atoms with Crippen LogP contribution in [0.25, 0.3) is 77.2 Å². The van der Waals surface area contributed by atoms with E-state index in [2.05, 4.69) is 137 Å². The van der Waals surface area contributed by atoms with Gasteiger partial charge in [-0.3, -0.25) is 0 Å². The van der Waals surface area contributed by atoms with Gasteiger partial charge in [0.15, 0.2) is 0 Å². The van der Waals surface area contributed by atoms with Crippen molar-refractivity contribution >= 4 is 43.6 Å². The number of benzene rings is 7. The number of hydrogen-bond acceptors (Lipinski definition) is 2. The SMILES string of the molecule is N#Cc1cccc(-n2c3ccccc3c3ccccc32)c1-c1ccc(-c2cccc(-n3c4ccccc4c4ccccc43)c2C#N)cc1. The lowest BCUT2D eigenvalue weighted by Crippen LogP contribution is -2.00. The van der Waals surface area contributed by atoms with Gasteiger partial charge in [0.25, 0.3) is 0 Å². The molecule has 4 heteroatoms. The Morgan fingerprint density at radius 3 is 1.31 bits per heavy atom. The van der Waals surface area contributed by atoms with Crippen LogP contribution in [0.15, 0.2) is 158 Å². The highest BCUT2D eigenvalue weighted by molar-refractivity contribution is 6.10. The predicted molar refractivity (Wildman–Crippen MR) is 195 cm³/mol. The second-order valence-corrected chi connectivity index (χ2v) is 11.9. The molecule has 0 aliphatic rings. The Morgan fingerprint density at radius 2 is 0.812 bits per heavy atom. The summed E-state index contributed by atoms with van der Waals surface area (Å²) in [5.41, 5.74) is 10.9. The van der Waals surface area contributed by atoms with Crippen LogP contribution >= 0.6 is 0 Å². The highest BCUT2D eigenvalue weighted by Crippen LogP contribution is 2.39. The first-order valence-corrected chi connectivity index (χ1v) is 15.9. The molecule has 2 aromatic heterocycles. The number of rotatable bonds is 4. The maximum absolute atomic E-state index is 10.6. The molecular formula is C44H26N4. The highest BCUT2D eigenvalue weighted by Gasteiger charge is 2.20. The molecule has 0 N–H and O–H groups in total. The molecule has 0 spiro atoms. The molecule has 222 valence electrons. The fourth-order valence-corrected chi connectivity index (χ4v) is 7.39. The number of fused-ring (bicyclic) bond motifs is 6. The molecule has 2 heterocycles. The number of aromatic nitrogens is 2. The van der Waals surface area contributed by atoms with Crippen molar-refractivity contribution in [3.63, 3.8) is 0 Å². The summed E-state index contributed by atoms with van der Waals surface area (Å²) in [6.07, 6.45) is 0. The third kappa shape index (κ3) is 4.01. The number of nitrogens with zero attached hydrogens (tertiary/aromatic N) is 4. The molecule has 0 amide bonds. The van der Waals surface area contributed by atoms with Crippen molar-refractivity contribution in [1.29, 1.82) is 10.5 Å². The summed E-state index contributed by atoms with van der Waals surface area (Å²) in [7, 11) is 0. The zero-order chi connectivity index (χ0) is 32.2. The van der Waals surface area contributed by atoms with E-state index < -0.39 is 0 Å². The van der Waals surface area contributed by atoms with Gasteiger partial charge in [0, 0.05) is 32.7 Å². The Hall–Kier alpha value is -6.88. The van der Waals surface area contributed by atoms with Gasteiger partial charge in [-0.1, -0.05) is 115 Å². The molecule has 0 aliphatic carbocycles. The van der Waals surface area contributed by atoms with Gasteiger partial charge in [-0.05, 0) is 53.6 Å². The summed E-state index contributed by atoms with van der Waals surface area (Å²) in [5.74, 6) is 0. The van der Waals surface area contributed by atoms with Crippen molar-refractivity contribution < 1.29 is 0 Å². The third-order valence-electron chi connectivity index (χ3n) is 9.44. The molecule has 0 aliphatic heterocycles. The monoisotopic (exact) mass is 610 g/mol. The first-order valence-electron chi connectivity index (χ1n) is 15.9. The average Bonchev–Trinajstić information content (AvgIpc) is 3.67. The van der Waals surface area contributed by atoms with Crippen LogP contribution in [0.4, 0.5) is 0 Å². The van der Waals surface area contributed by atoms with Crippen LogP contribution in [0.5, 0.6) is 0 Å². The molecule has 9 aromatic rings. The predicted octanol–water partition coefficient (Wildman–Crippen LogP) is 11.0. The Morgan fingerprint density at radius 1 is 0.375 bits per heavy atom. The topological polar surface area (TPSA) is 57.4 Å². The molecule has 0 bridgehead atoms. The van der Waals surface area contributed by atoms with E-state index in [-0.39, 0.29) is 0 Å². The minimum Gasteiger partial charge on any atom is -0.309 e. The van der Waals surface area contributed by atoms with E-state index in [0.717, 1.165) is 66.5 Å². The van der Waals surface area contributed by atoms with Crippen LogP contribution in [0.3, 0.4) is 0 Å². The van der Waals surface area contributed by atoms with Gasteiger partial charge in [0.2, 0.25) is 0 Å². The number of hydrogen-bond donors (Lipinski definition) is 0. The molecule has 7 aromatic carbocycles. The van der Waals surface area contributed by atoms with E-state index in [1.807, 2.05) is 42.5 Å². The summed E-state index contributed by atoms with van der Waals surface area (Å²) < 4.78 is 4.46. The third-order valence-corrected chi connectivity index (χ3v) is 9.44. The van der Waals surface area contributed by atoms with Crippen LogP contribution in [0.2, 0.25) is 0 Å². The van der Waals surface area contributed by atoms with E-state index in [0.29, 0.717) is 11.1 Å². The van der Waals surface area contributed by atoms with Crippen molar-refractivity contribution in [1.82, 2.24) is 9.13 Å². The fourth-order valence-electron chi connectivity index (χ4n) is 7.39. The van der Waals surface area contributed by atoms with E-state index in [1.165, 1.54) is 10.8 Å². The van der Waals surface area contributed by atoms with Gasteiger partial charge in [0.1, 0.15) is 6.07 Å². The van der Waals surface area contributed by atoms with E-state index in [1.54, 1.807) is 0 Å². The zero-order valence-electron chi connectivity index (χ0n) is 25.8. The molecule has 0 unspecified atom stereocenters. The highest BCUT2D eigenvalue weighted by atomic mass is 15.0. The Balaban J connectivity index is 1.21. The van der Waals surface area contributed by atoms with Crippen LogP contribution in [-0.4, -0.2) is 9.13 Å². The Labute approximate surface area is 277 Å². The molecule has 0 radical (unpaired) electrons. The van der Waals surface area contributed by atoms with E-state index >= 15 is 0 Å². The van der Waals surface area contributed by atoms with Crippen molar-refractivity contribution in [2.24, 2.45) is 0 Å². The maximum Gasteiger partial charge on any atom is 0.102 e. The molecule has 48 heavy (non-hydrogen) atoms. The molecular weight excluding hydrogens is 585 g/mol. The van der Waals surface area contributed by atoms with Gasteiger partial charge in [-0.2, -0.15) is 10.5 Å². The molecule has 0 atom stereocenters. The lowest BCUT2D eigenvalue weighted by atomic mass is 9.94. The first-order chi connectivity index (χ1) is 23.8. The largest absolute Gasteiger partial charge is 0.309 e. The summed E-state index contributed by atoms with van der Waals surface area (Å²) in [4.78, 5) is 0. The van der Waals surface area contributed by atoms with Crippen LogP contribution in [0.1, 0.15) is 11.1 Å². The molecule has 4 nitrogen and oxygen atoms in total. The smallest absolute Gasteiger partial charge is 0.102 e. The fraction of sp³-hybridized carbons (Fsp3) is 0. The Kier molecular flexibility index (Phi) is 6.22. The minimum absolute atomic E-state index is 0.605. The van der Waals surface area contributed by atoms with Gasteiger partial charge in [-0.15, -0.1) is 0 Å². The first kappa shape index (κ1) is 27.4. The van der Waals surface area contributed by atoms with E-state index in [9.17, 15) is 10.5 Å². The Bertz CT molecular complexity index is 2690. The van der Waals surface area contributed by atoms with Crippen LogP contribution < -0.4 is 0 Å². The second-order valence-electron chi connectivity index (χ2n) is 11.9. The lowest BCUT2D eigenvalue weighted by Gasteiger charge is -2.16. The van der Waals surface area contributed by atoms with Gasteiger partial charge < -0.3 is 9.13 Å². The maximum atomic E-state index is 10.6. The standard InChI is InChI=1S/C44H26N4/c45-27-31-11-9-22-43(48-40-19-7-3-14-35(40)36-15-4-8-20-41(36)48)44(31)30-25-23-29(24-26-30)32-16-10-21-42(37(32)28-46)47-38-17-5-1-12-33(38)34-13-2-6-18-39(34)47/h1-26H. The zero-order valence-corrected chi connectivity index (χ0v) is 25.8. The lowest BCUT2D eigenvalue weighted by molar-refractivity contribution is 1.17. The number of nitriles is 2. The van der Waals surface area contributed by atoms with Crippen molar-refractivity contribution in [2.45, 2.75) is 0 Å². The molecule has 0 saturated carbocycles. The van der Waals surface area contributed by atoms with Crippen LogP contribution in [0, 0.1) is 22.7 Å². The van der Waals surface area contributed by atoms with Gasteiger partial charge in [0.05, 0.1) is 50.6 Å². The van der Waals surface area contributed by atoms with Gasteiger partial charge >= 0.3 is 0 Å².